The van der Waals surface area contributed by atoms with Crippen LogP contribution in [0.15, 0.2) is 35.4 Å². The fourth-order valence-corrected chi connectivity index (χ4v) is 2.71. The van der Waals surface area contributed by atoms with Gasteiger partial charge in [0, 0.05) is 31.5 Å². The van der Waals surface area contributed by atoms with Crippen molar-refractivity contribution in [3.8, 4) is 5.88 Å². The summed E-state index contributed by atoms with van der Waals surface area (Å²) in [5.41, 5.74) is 5.86. The van der Waals surface area contributed by atoms with Crippen LogP contribution >= 0.6 is 0 Å². The molecule has 24 heavy (non-hydrogen) atoms. The number of hydrogen-bond donors (Lipinski definition) is 1. The zero-order valence-corrected chi connectivity index (χ0v) is 16.2. The van der Waals surface area contributed by atoms with Crippen LogP contribution in [0.2, 0.25) is 19.6 Å². The van der Waals surface area contributed by atoms with E-state index in [0.29, 0.717) is 11.8 Å². The number of hydrazone groups is 1. The molecule has 0 atom stereocenters. The van der Waals surface area contributed by atoms with Crippen LogP contribution in [0.1, 0.15) is 11.3 Å². The molecule has 0 spiro atoms. The molecule has 7 heteroatoms. The van der Waals surface area contributed by atoms with Gasteiger partial charge in [0.2, 0.25) is 20.1 Å². The minimum Gasteiger partial charge on any atom is -0.531 e. The van der Waals surface area contributed by atoms with Gasteiger partial charge in [0.1, 0.15) is 0 Å². The zero-order chi connectivity index (χ0) is 17.7. The molecule has 0 fully saturated rings. The average molecular weight is 344 g/mol. The monoisotopic (exact) mass is 343 g/mol. The van der Waals surface area contributed by atoms with Crippen molar-refractivity contribution in [3.05, 3.63) is 41.6 Å². The van der Waals surface area contributed by atoms with Crippen molar-refractivity contribution in [2.75, 3.05) is 24.4 Å². The van der Waals surface area contributed by atoms with E-state index in [-0.39, 0.29) is 0 Å². The fraction of sp³-hybridized carbons (Fsp3) is 0.353. The van der Waals surface area contributed by atoms with Crippen LogP contribution in [0.3, 0.4) is 0 Å². The van der Waals surface area contributed by atoms with E-state index in [9.17, 15) is 0 Å². The van der Waals surface area contributed by atoms with Crippen LogP contribution in [0.25, 0.3) is 0 Å². The molecule has 1 aromatic carbocycles. The number of aromatic nitrogens is 2. The van der Waals surface area contributed by atoms with Crippen LogP contribution in [-0.4, -0.2) is 38.6 Å². The molecule has 2 rings (SSSR count). The summed E-state index contributed by atoms with van der Waals surface area (Å²) < 4.78 is 5.91. The Labute approximate surface area is 144 Å². The third kappa shape index (κ3) is 5.66. The van der Waals surface area contributed by atoms with Crippen molar-refractivity contribution < 1.29 is 4.43 Å². The largest absolute Gasteiger partial charge is 0.531 e. The highest BCUT2D eigenvalue weighted by Crippen LogP contribution is 2.16. The highest BCUT2D eigenvalue weighted by atomic mass is 28.4. The van der Waals surface area contributed by atoms with E-state index in [1.54, 1.807) is 6.21 Å². The Morgan fingerprint density at radius 2 is 1.79 bits per heavy atom. The number of nitrogens with one attached hydrogen (secondary N) is 1. The Balaban J connectivity index is 2.05. The maximum atomic E-state index is 5.91. The molecule has 0 radical (unpaired) electrons. The first kappa shape index (κ1) is 17.9. The van der Waals surface area contributed by atoms with Crippen LogP contribution in [0.4, 0.5) is 11.6 Å². The maximum Gasteiger partial charge on any atom is 0.247 e. The van der Waals surface area contributed by atoms with Gasteiger partial charge < -0.3 is 9.33 Å². The quantitative estimate of drug-likeness (QED) is 0.494. The summed E-state index contributed by atoms with van der Waals surface area (Å²) in [4.78, 5) is 10.7. The molecule has 128 valence electrons. The van der Waals surface area contributed by atoms with Crippen molar-refractivity contribution in [2.45, 2.75) is 26.6 Å². The van der Waals surface area contributed by atoms with E-state index in [1.807, 2.05) is 51.4 Å². The predicted octanol–water partition coefficient (Wildman–Crippen LogP) is 3.51. The molecule has 0 saturated carbocycles. The van der Waals surface area contributed by atoms with Crippen molar-refractivity contribution in [3.63, 3.8) is 0 Å². The highest BCUT2D eigenvalue weighted by molar-refractivity contribution is 6.70. The van der Waals surface area contributed by atoms with Crippen molar-refractivity contribution >= 4 is 26.2 Å². The molecule has 0 aliphatic rings. The molecule has 0 bridgehead atoms. The summed E-state index contributed by atoms with van der Waals surface area (Å²) in [6.45, 7) is 8.26. The lowest BCUT2D eigenvalue weighted by Crippen LogP contribution is -2.29. The molecule has 0 aliphatic heterocycles. The maximum absolute atomic E-state index is 5.91. The molecular weight excluding hydrogens is 318 g/mol. The Kier molecular flexibility index (Phi) is 5.56. The number of hydrogen-bond acceptors (Lipinski definition) is 6. The molecule has 0 amide bonds. The Morgan fingerprint density at radius 3 is 2.38 bits per heavy atom. The smallest absolute Gasteiger partial charge is 0.247 e. The van der Waals surface area contributed by atoms with Gasteiger partial charge in [-0.3, -0.25) is 0 Å². The molecule has 1 heterocycles. The van der Waals surface area contributed by atoms with Crippen LogP contribution in [0, 0.1) is 6.92 Å². The van der Waals surface area contributed by atoms with Crippen LogP contribution in [0.5, 0.6) is 5.88 Å². The third-order valence-corrected chi connectivity index (χ3v) is 3.85. The van der Waals surface area contributed by atoms with E-state index < -0.39 is 8.32 Å². The Morgan fingerprint density at radius 1 is 1.12 bits per heavy atom. The van der Waals surface area contributed by atoms with Gasteiger partial charge in [-0.1, -0.05) is 12.1 Å². The van der Waals surface area contributed by atoms with Crippen LogP contribution < -0.4 is 14.8 Å². The lowest BCUT2D eigenvalue weighted by atomic mass is 10.2. The topological polar surface area (TPSA) is 62.6 Å². The normalized spacial score (nSPS) is 11.6. The predicted molar refractivity (Wildman–Crippen MR) is 103 cm³/mol. The lowest BCUT2D eigenvalue weighted by Gasteiger charge is -2.18. The van der Waals surface area contributed by atoms with Crippen molar-refractivity contribution in [1.29, 1.82) is 0 Å². The first-order valence-electron chi connectivity index (χ1n) is 7.84. The van der Waals surface area contributed by atoms with E-state index in [1.165, 1.54) is 0 Å². The number of benzene rings is 1. The molecule has 1 N–H and O–H groups in total. The SMILES string of the molecule is Cc1cc(O[Si](C)(C)C)nc(N/N=C\c2ccc(N(C)C)cc2)n1. The summed E-state index contributed by atoms with van der Waals surface area (Å²) in [6.07, 6.45) is 1.74. The summed E-state index contributed by atoms with van der Waals surface area (Å²) in [5, 5.41) is 4.21. The molecule has 2 aromatic rings. The number of anilines is 2. The second kappa shape index (κ2) is 7.44. The summed E-state index contributed by atoms with van der Waals surface area (Å²) in [5.74, 6) is 1.03. The average Bonchev–Trinajstić information content (AvgIpc) is 2.45. The summed E-state index contributed by atoms with van der Waals surface area (Å²) in [7, 11) is 2.32. The second-order valence-corrected chi connectivity index (χ2v) is 11.2. The first-order valence-corrected chi connectivity index (χ1v) is 11.2. The second-order valence-electron chi connectivity index (χ2n) is 6.74. The van der Waals surface area contributed by atoms with Gasteiger partial charge in [0.15, 0.2) is 0 Å². The van der Waals surface area contributed by atoms with Gasteiger partial charge in [-0.25, -0.2) is 10.4 Å². The fourth-order valence-electron chi connectivity index (χ4n) is 1.98. The van der Waals surface area contributed by atoms with Gasteiger partial charge in [-0.2, -0.15) is 10.1 Å². The van der Waals surface area contributed by atoms with E-state index in [4.69, 9.17) is 4.43 Å². The number of nitrogens with zero attached hydrogens (tertiary/aromatic N) is 4. The zero-order valence-electron chi connectivity index (χ0n) is 15.2. The standard InChI is InChI=1S/C17H25N5OSi/c1-13-11-16(23-24(4,5)6)20-17(19-13)21-18-12-14-7-9-15(10-8-14)22(2)3/h7-12H,1-6H3,(H,19,20,21)/b18-12-. The summed E-state index contributed by atoms with van der Waals surface area (Å²) in [6, 6.07) is 9.96. The van der Waals surface area contributed by atoms with Gasteiger partial charge >= 0.3 is 0 Å². The summed E-state index contributed by atoms with van der Waals surface area (Å²) >= 11 is 0. The number of aryl methyl sites for hydroxylation is 1. The van der Waals surface area contributed by atoms with E-state index in [0.717, 1.165) is 16.9 Å². The minimum atomic E-state index is -1.70. The van der Waals surface area contributed by atoms with Crippen LogP contribution in [-0.2, 0) is 0 Å². The molecule has 0 unspecified atom stereocenters. The molecule has 1 aromatic heterocycles. The molecular formula is C17H25N5OSi. The Hall–Kier alpha value is -2.41. The van der Waals surface area contributed by atoms with Gasteiger partial charge in [0.25, 0.3) is 0 Å². The molecule has 6 nitrogen and oxygen atoms in total. The van der Waals surface area contributed by atoms with E-state index >= 15 is 0 Å². The minimum absolute atomic E-state index is 0.435. The highest BCUT2D eigenvalue weighted by Gasteiger charge is 2.17. The van der Waals surface area contributed by atoms with Crippen molar-refractivity contribution in [2.24, 2.45) is 5.10 Å². The molecule has 0 aliphatic carbocycles. The van der Waals surface area contributed by atoms with Gasteiger partial charge in [0.05, 0.1) is 6.21 Å². The Bertz CT molecular complexity index is 708. The third-order valence-electron chi connectivity index (χ3n) is 3.03. The first-order chi connectivity index (χ1) is 11.2. The number of rotatable bonds is 6. The molecule has 0 saturated heterocycles. The van der Waals surface area contributed by atoms with E-state index in [2.05, 4.69) is 45.0 Å². The van der Waals surface area contributed by atoms with Gasteiger partial charge in [-0.15, -0.1) is 0 Å². The van der Waals surface area contributed by atoms with Crippen molar-refractivity contribution in [1.82, 2.24) is 9.97 Å². The lowest BCUT2D eigenvalue weighted by molar-refractivity contribution is 0.532. The van der Waals surface area contributed by atoms with Gasteiger partial charge in [-0.05, 0) is 44.3 Å².